The van der Waals surface area contributed by atoms with Gasteiger partial charge in [-0.2, -0.15) is 13.2 Å². The van der Waals surface area contributed by atoms with Crippen molar-refractivity contribution in [3.63, 3.8) is 0 Å². The molecule has 1 atom stereocenters. The number of benzene rings is 2. The van der Waals surface area contributed by atoms with Crippen LogP contribution in [-0.2, 0) is 6.18 Å². The monoisotopic (exact) mass is 584 g/mol. The zero-order valence-corrected chi connectivity index (χ0v) is 23.4. The van der Waals surface area contributed by atoms with Crippen LogP contribution in [0.1, 0.15) is 49.4 Å². The third-order valence-corrected chi connectivity index (χ3v) is 9.03. The van der Waals surface area contributed by atoms with E-state index in [4.69, 9.17) is 16.3 Å². The van der Waals surface area contributed by atoms with Crippen LogP contribution in [0.2, 0.25) is 5.02 Å². The lowest BCUT2D eigenvalue weighted by molar-refractivity contribution is -0.137. The fourth-order valence-corrected chi connectivity index (χ4v) is 6.25. The predicted octanol–water partition coefficient (Wildman–Crippen LogP) is 7.96. The molecular weight excluding hydrogens is 552 g/mol. The number of halogens is 5. The number of likely N-dealkylation sites (tertiary alicyclic amines) is 1. The fourth-order valence-electron chi connectivity index (χ4n) is 5.15. The highest BCUT2D eigenvalue weighted by Gasteiger charge is 2.35. The highest BCUT2D eigenvalue weighted by atomic mass is 35.5. The Bertz CT molecular complexity index is 1230. The van der Waals surface area contributed by atoms with Crippen LogP contribution in [0.3, 0.4) is 0 Å². The van der Waals surface area contributed by atoms with E-state index >= 15 is 4.39 Å². The number of aliphatic hydroxyl groups excluding tert-OH is 1. The molecule has 0 unspecified atom stereocenters. The Balaban J connectivity index is 1.26. The number of aliphatic hydroxyl groups is 1. The number of nitrogens with zero attached hydrogens (tertiary/aromatic N) is 2. The molecule has 0 spiro atoms. The van der Waals surface area contributed by atoms with Gasteiger partial charge in [-0.3, -0.25) is 4.98 Å². The minimum atomic E-state index is -4.32. The van der Waals surface area contributed by atoms with Crippen molar-refractivity contribution >= 4 is 34.3 Å². The second-order valence-electron chi connectivity index (χ2n) is 10.1. The van der Waals surface area contributed by atoms with Gasteiger partial charge in [0.15, 0.2) is 0 Å². The third-order valence-electron chi connectivity index (χ3n) is 7.63. The molecule has 0 amide bonds. The van der Waals surface area contributed by atoms with E-state index in [2.05, 4.69) is 9.88 Å². The van der Waals surface area contributed by atoms with Crippen molar-refractivity contribution in [2.45, 2.75) is 49.3 Å². The SMILES string of the molecule is COc1ccc2ncc(Cl)c([C@H](F)CCC3(CO)CCN(CCCSc4ccc(C(F)(F)F)cc4)CC3)c2c1. The van der Waals surface area contributed by atoms with Crippen molar-refractivity contribution in [2.24, 2.45) is 5.41 Å². The molecule has 1 saturated heterocycles. The molecule has 1 N–H and O–H groups in total. The van der Waals surface area contributed by atoms with Crippen LogP contribution in [0.4, 0.5) is 17.6 Å². The normalized spacial score (nSPS) is 16.9. The maximum Gasteiger partial charge on any atom is 0.416 e. The molecule has 1 aliphatic heterocycles. The fraction of sp³-hybridized carbons (Fsp3) is 0.483. The summed E-state index contributed by atoms with van der Waals surface area (Å²) in [6, 6.07) is 10.6. The van der Waals surface area contributed by atoms with E-state index in [0.29, 0.717) is 28.6 Å². The number of aromatic nitrogens is 1. The molecule has 1 fully saturated rings. The molecule has 0 bridgehead atoms. The summed E-state index contributed by atoms with van der Waals surface area (Å²) in [6.45, 7) is 2.52. The Morgan fingerprint density at radius 3 is 2.51 bits per heavy atom. The van der Waals surface area contributed by atoms with Gasteiger partial charge in [0.1, 0.15) is 11.9 Å². The number of hydrogen-bond donors (Lipinski definition) is 1. The first-order valence-corrected chi connectivity index (χ1v) is 14.4. The van der Waals surface area contributed by atoms with Crippen LogP contribution in [0.15, 0.2) is 53.6 Å². The second kappa shape index (κ2) is 13.1. The summed E-state index contributed by atoms with van der Waals surface area (Å²) in [7, 11) is 1.56. The average Bonchev–Trinajstić information content (AvgIpc) is 2.94. The Morgan fingerprint density at radius 1 is 1.15 bits per heavy atom. The summed E-state index contributed by atoms with van der Waals surface area (Å²) in [5.41, 5.74) is 0.100. The molecule has 2 aromatic carbocycles. The Hall–Kier alpha value is -2.07. The van der Waals surface area contributed by atoms with Gasteiger partial charge < -0.3 is 14.7 Å². The molecule has 212 valence electrons. The molecule has 4 rings (SSSR count). The van der Waals surface area contributed by atoms with Gasteiger partial charge in [0.05, 0.1) is 23.2 Å². The van der Waals surface area contributed by atoms with Gasteiger partial charge in [-0.25, -0.2) is 4.39 Å². The standard InChI is InChI=1S/C29H33ClF4N2O2S/c1-38-21-5-8-26-23(17-21)27(24(30)18-35-26)25(31)9-10-28(19-37)11-14-36(15-12-28)13-2-16-39-22-6-3-20(4-7-22)29(32,33)34/h3-8,17-18,25,37H,2,9-16,19H2,1H3/t25-/m1/s1. The topological polar surface area (TPSA) is 45.6 Å². The molecule has 1 aromatic heterocycles. The van der Waals surface area contributed by atoms with Crippen molar-refractivity contribution in [3.05, 3.63) is 64.8 Å². The molecule has 3 aromatic rings. The van der Waals surface area contributed by atoms with Crippen molar-refractivity contribution in [1.29, 1.82) is 0 Å². The van der Waals surface area contributed by atoms with Crippen LogP contribution in [-0.4, -0.2) is 54.1 Å². The van der Waals surface area contributed by atoms with E-state index < -0.39 is 17.9 Å². The van der Waals surface area contributed by atoms with Crippen molar-refractivity contribution in [2.75, 3.05) is 39.1 Å². The van der Waals surface area contributed by atoms with E-state index in [-0.39, 0.29) is 23.5 Å². The average molecular weight is 585 g/mol. The van der Waals surface area contributed by atoms with Gasteiger partial charge in [-0.05, 0) is 105 Å². The van der Waals surface area contributed by atoms with Crippen LogP contribution < -0.4 is 4.74 Å². The lowest BCUT2D eigenvalue weighted by Crippen LogP contribution is -2.42. The predicted molar refractivity (Wildman–Crippen MR) is 148 cm³/mol. The maximum atomic E-state index is 15.6. The summed E-state index contributed by atoms with van der Waals surface area (Å²) in [5, 5.41) is 11.2. The molecule has 0 radical (unpaired) electrons. The van der Waals surface area contributed by atoms with Gasteiger partial charge in [-0.1, -0.05) is 11.6 Å². The van der Waals surface area contributed by atoms with E-state index in [0.717, 1.165) is 61.7 Å². The molecular formula is C29H33ClF4N2O2S. The van der Waals surface area contributed by atoms with E-state index in [1.807, 2.05) is 0 Å². The second-order valence-corrected chi connectivity index (χ2v) is 11.7. The molecule has 0 saturated carbocycles. The first-order chi connectivity index (χ1) is 18.6. The zero-order valence-electron chi connectivity index (χ0n) is 21.8. The number of thioether (sulfide) groups is 1. The summed E-state index contributed by atoms with van der Waals surface area (Å²) in [4.78, 5) is 7.47. The number of piperidine rings is 1. The Labute approximate surface area is 235 Å². The molecule has 1 aliphatic rings. The van der Waals surface area contributed by atoms with Crippen molar-refractivity contribution in [1.82, 2.24) is 9.88 Å². The Kier molecular flexibility index (Phi) is 10.0. The highest BCUT2D eigenvalue weighted by molar-refractivity contribution is 7.99. The summed E-state index contributed by atoms with van der Waals surface area (Å²) < 4.78 is 59.1. The van der Waals surface area contributed by atoms with Crippen LogP contribution in [0.25, 0.3) is 10.9 Å². The quantitative estimate of drug-likeness (QED) is 0.141. The number of methoxy groups -OCH3 is 1. The Morgan fingerprint density at radius 2 is 1.87 bits per heavy atom. The van der Waals surface area contributed by atoms with Crippen LogP contribution in [0.5, 0.6) is 5.75 Å². The number of ether oxygens (including phenoxy) is 1. The summed E-state index contributed by atoms with van der Waals surface area (Å²) in [6.07, 6.45) is -0.871. The first-order valence-electron chi connectivity index (χ1n) is 13.0. The molecule has 0 aliphatic carbocycles. The summed E-state index contributed by atoms with van der Waals surface area (Å²) >= 11 is 7.93. The van der Waals surface area contributed by atoms with E-state index in [9.17, 15) is 18.3 Å². The van der Waals surface area contributed by atoms with Crippen molar-refractivity contribution < 1.29 is 27.4 Å². The minimum Gasteiger partial charge on any atom is -0.497 e. The van der Waals surface area contributed by atoms with E-state index in [1.54, 1.807) is 37.1 Å². The lowest BCUT2D eigenvalue weighted by atomic mass is 9.74. The van der Waals surface area contributed by atoms with Gasteiger partial charge in [0.2, 0.25) is 0 Å². The largest absolute Gasteiger partial charge is 0.497 e. The number of rotatable bonds is 11. The van der Waals surface area contributed by atoms with Crippen LogP contribution >= 0.6 is 23.4 Å². The lowest BCUT2D eigenvalue weighted by Gasteiger charge is -2.41. The van der Waals surface area contributed by atoms with Gasteiger partial charge in [-0.15, -0.1) is 11.8 Å². The molecule has 39 heavy (non-hydrogen) atoms. The highest BCUT2D eigenvalue weighted by Crippen LogP contribution is 2.42. The molecule has 10 heteroatoms. The van der Waals surface area contributed by atoms with E-state index in [1.165, 1.54) is 18.3 Å². The van der Waals surface area contributed by atoms with Gasteiger partial charge in [0.25, 0.3) is 0 Å². The summed E-state index contributed by atoms with van der Waals surface area (Å²) in [5.74, 6) is 1.42. The number of pyridine rings is 1. The number of hydrogen-bond acceptors (Lipinski definition) is 5. The van der Waals surface area contributed by atoms with Crippen LogP contribution in [0, 0.1) is 5.41 Å². The smallest absolute Gasteiger partial charge is 0.416 e. The molecule has 2 heterocycles. The minimum absolute atomic E-state index is 0.00990. The number of alkyl halides is 4. The first kappa shape index (κ1) is 29.9. The van der Waals surface area contributed by atoms with Gasteiger partial charge in [0, 0.05) is 28.6 Å². The van der Waals surface area contributed by atoms with Gasteiger partial charge >= 0.3 is 6.18 Å². The number of fused-ring (bicyclic) bond motifs is 1. The zero-order chi connectivity index (χ0) is 28.0. The van der Waals surface area contributed by atoms with Crippen molar-refractivity contribution in [3.8, 4) is 5.75 Å². The maximum absolute atomic E-state index is 15.6. The third kappa shape index (κ3) is 7.57. The molecule has 4 nitrogen and oxygen atoms in total.